The molecule has 0 saturated carbocycles. The van der Waals surface area contributed by atoms with Gasteiger partial charge in [0.2, 0.25) is 5.91 Å². The van der Waals surface area contributed by atoms with Crippen molar-refractivity contribution >= 4 is 29.6 Å². The maximum atomic E-state index is 14.0. The van der Waals surface area contributed by atoms with E-state index < -0.39 is 23.5 Å². The summed E-state index contributed by atoms with van der Waals surface area (Å²) in [5, 5.41) is 14.0. The van der Waals surface area contributed by atoms with Crippen LogP contribution in [0.1, 0.15) is 136 Å². The Kier molecular flexibility index (Phi) is 17.9. The van der Waals surface area contributed by atoms with Crippen molar-refractivity contribution in [2.75, 3.05) is 32.8 Å². The Balaban J connectivity index is 0.00000627. The van der Waals surface area contributed by atoms with E-state index in [2.05, 4.69) is 46.8 Å². The fourth-order valence-corrected chi connectivity index (χ4v) is 9.26. The van der Waals surface area contributed by atoms with Crippen molar-refractivity contribution < 1.29 is 47.0 Å². The number of aliphatic hydroxyl groups is 1. The molecular weight excluding hydrogens is 719 g/mol. The zero-order valence-electron chi connectivity index (χ0n) is 32.4. The topological polar surface area (TPSA) is 153 Å². The van der Waals surface area contributed by atoms with Crippen molar-refractivity contribution in [1.29, 1.82) is 0 Å². The van der Waals surface area contributed by atoms with Gasteiger partial charge in [0.1, 0.15) is 11.6 Å². The van der Waals surface area contributed by atoms with Gasteiger partial charge in [-0.05, 0) is 89.3 Å². The second-order valence-corrected chi connectivity index (χ2v) is 16.2. The maximum absolute atomic E-state index is 14.0. The number of quaternary nitrogens is 1. The fourth-order valence-electron chi connectivity index (χ4n) is 9.15. The van der Waals surface area contributed by atoms with Gasteiger partial charge in [0.25, 0.3) is 0 Å². The molecule has 5 aliphatic heterocycles. The molecule has 0 radical (unpaired) electrons. The highest BCUT2D eigenvalue weighted by Gasteiger charge is 2.62. The van der Waals surface area contributed by atoms with Crippen molar-refractivity contribution in [3.63, 3.8) is 0 Å². The normalized spacial score (nSPS) is 30.9. The van der Waals surface area contributed by atoms with E-state index in [-0.39, 0.29) is 48.6 Å². The number of carbonyl (C=O) groups excluding carboxylic acids is 2. The summed E-state index contributed by atoms with van der Waals surface area (Å²) in [4.78, 5) is 38.9. The zero-order chi connectivity index (χ0) is 37.0. The number of carbonyl (C=O) groups is 2. The number of hydrogen-bond acceptors (Lipinski definition) is 10. The number of hydrogen-bond donors (Lipinski definition) is 4. The van der Waals surface area contributed by atoms with E-state index in [0.717, 1.165) is 122 Å². The summed E-state index contributed by atoms with van der Waals surface area (Å²) in [6.07, 6.45) is 21.1. The number of nitrogens with zero attached hydrogens (tertiary/aromatic N) is 3. The number of amides is 1. The van der Waals surface area contributed by atoms with Crippen LogP contribution in [0.2, 0.25) is 0 Å². The summed E-state index contributed by atoms with van der Waals surface area (Å²) in [5.74, 6) is 0.343. The second-order valence-electron chi connectivity index (χ2n) is 15.9. The lowest BCUT2D eigenvalue weighted by Crippen LogP contribution is -3.00. The molecule has 0 bridgehead atoms. The molecule has 5 aliphatic rings. The summed E-state index contributed by atoms with van der Waals surface area (Å²) < 4.78 is 19.5. The van der Waals surface area contributed by atoms with Gasteiger partial charge in [-0.3, -0.25) is 9.59 Å². The first-order valence-electron chi connectivity index (χ1n) is 20.7. The lowest BCUT2D eigenvalue weighted by Gasteiger charge is -2.55. The average molecular weight is 788 g/mol. The molecule has 0 aromatic rings. The standard InChI is InChI=1S/C39H67ClN6O6.ClH/c1-3-32-16-10-11-21-38(52-32)27-30-18-19-33-35(39(22-13-15-29(2)51-39)44-37(43-38)46(30)33)36(49)50-26-12-8-6-4-5-7-9-17-34(48)45(25-14-23-41)28-31(47)20-24-42-40;/h10,16,29-33,35,42,47H,3-9,11-15,17-28,41H2,1-2H3,(H,43,44);1H/t29-,30+,31+,32+,33-,35-,38+,39-;/m1./s1. The van der Waals surface area contributed by atoms with Crippen LogP contribution in [0.4, 0.5) is 0 Å². The molecule has 3 fully saturated rings. The smallest absolute Gasteiger partial charge is 0.316 e. The molecule has 5 heterocycles. The van der Waals surface area contributed by atoms with Gasteiger partial charge in [0, 0.05) is 44.9 Å². The van der Waals surface area contributed by atoms with Crippen molar-refractivity contribution in [1.82, 2.24) is 20.0 Å². The maximum Gasteiger partial charge on any atom is 0.316 e. The Bertz CT molecular complexity index is 1210. The highest BCUT2D eigenvalue weighted by Crippen LogP contribution is 2.50. The molecule has 3 saturated heterocycles. The van der Waals surface area contributed by atoms with Crippen LogP contribution in [0.15, 0.2) is 17.1 Å². The first-order valence-corrected chi connectivity index (χ1v) is 21.0. The number of rotatable bonds is 20. The third-order valence-electron chi connectivity index (χ3n) is 11.8. The number of nitrogens with one attached hydrogen (secondary N) is 2. The predicted octanol–water partition coefficient (Wildman–Crippen LogP) is 1.55. The van der Waals surface area contributed by atoms with Gasteiger partial charge < -0.3 is 52.6 Å². The third kappa shape index (κ3) is 11.7. The van der Waals surface area contributed by atoms with E-state index >= 15 is 0 Å². The molecule has 0 aromatic heterocycles. The number of guanidine groups is 1. The number of ether oxygens (including phenoxy) is 3. The van der Waals surface area contributed by atoms with Crippen LogP contribution in [-0.4, -0.2) is 107 Å². The monoisotopic (exact) mass is 786 g/mol. The Hall–Kier alpha value is -1.67. The number of aliphatic imine (C=N–C) groups is 1. The largest absolute Gasteiger partial charge is 1.00 e. The minimum Gasteiger partial charge on any atom is -1.00 e. The third-order valence-corrected chi connectivity index (χ3v) is 12.0. The van der Waals surface area contributed by atoms with Crippen LogP contribution in [0.5, 0.6) is 0 Å². The van der Waals surface area contributed by atoms with Gasteiger partial charge in [0.05, 0.1) is 37.5 Å². The van der Waals surface area contributed by atoms with E-state index in [1.165, 1.54) is 0 Å². The van der Waals surface area contributed by atoms with Gasteiger partial charge in [-0.1, -0.05) is 51.2 Å². The molecule has 12 nitrogen and oxygen atoms in total. The Morgan fingerprint density at radius 1 is 1.15 bits per heavy atom. The molecular formula is C39H68Cl2N6O6. The molecule has 0 aliphatic carbocycles. The van der Waals surface area contributed by atoms with Crippen molar-refractivity contribution in [2.45, 2.75) is 178 Å². The molecule has 6 N–H and O–H groups in total. The number of allylic oxidation sites excluding steroid dienone is 1. The molecule has 0 aromatic carbocycles. The molecule has 2 spiro atoms. The molecule has 304 valence electrons. The van der Waals surface area contributed by atoms with E-state index in [1.54, 1.807) is 4.90 Å². The van der Waals surface area contributed by atoms with Crippen LogP contribution in [0.3, 0.4) is 0 Å². The summed E-state index contributed by atoms with van der Waals surface area (Å²) >= 11 is 5.52. The van der Waals surface area contributed by atoms with Crippen LogP contribution in [0, 0.1) is 5.92 Å². The summed E-state index contributed by atoms with van der Waals surface area (Å²) in [7, 11) is 0. The van der Waals surface area contributed by atoms with E-state index in [0.29, 0.717) is 39.1 Å². The summed E-state index contributed by atoms with van der Waals surface area (Å²) in [5.41, 5.74) is 2.52. The number of halogens is 2. The van der Waals surface area contributed by atoms with Crippen LogP contribution >= 0.6 is 11.8 Å². The van der Waals surface area contributed by atoms with Crippen LogP contribution < -0.4 is 28.3 Å². The van der Waals surface area contributed by atoms with Crippen LogP contribution in [0.25, 0.3) is 0 Å². The molecule has 8 atom stereocenters. The van der Waals surface area contributed by atoms with Crippen molar-refractivity contribution in [3.05, 3.63) is 12.2 Å². The van der Waals surface area contributed by atoms with E-state index in [1.807, 2.05) is 0 Å². The van der Waals surface area contributed by atoms with Crippen LogP contribution in [-0.2, 0) is 23.8 Å². The van der Waals surface area contributed by atoms with E-state index in [9.17, 15) is 14.7 Å². The lowest BCUT2D eigenvalue weighted by molar-refractivity contribution is -0.368. The Morgan fingerprint density at radius 3 is 2.66 bits per heavy atom. The lowest BCUT2D eigenvalue weighted by atomic mass is 9.80. The van der Waals surface area contributed by atoms with Crippen molar-refractivity contribution in [2.24, 2.45) is 10.9 Å². The summed E-state index contributed by atoms with van der Waals surface area (Å²) in [6, 6.07) is 0.286. The highest BCUT2D eigenvalue weighted by atomic mass is 35.5. The molecule has 0 unspecified atom stereocenters. The minimum absolute atomic E-state index is 0. The zero-order valence-corrected chi connectivity index (χ0v) is 33.9. The Labute approximate surface area is 329 Å². The van der Waals surface area contributed by atoms with Crippen molar-refractivity contribution in [3.8, 4) is 0 Å². The predicted molar refractivity (Wildman–Crippen MR) is 202 cm³/mol. The van der Waals surface area contributed by atoms with Gasteiger partial charge in [-0.2, -0.15) is 0 Å². The van der Waals surface area contributed by atoms with Gasteiger partial charge in [-0.25, -0.2) is 9.83 Å². The first-order chi connectivity index (χ1) is 25.2. The SMILES string of the molecule is CC[C@H]1C=CCC[C@@]2(C[C@@H]3CC[C@@H]4[C@H](C(=O)OCCCCCCCCCC(=O)N(CCC[NH3+])C[C@@H](O)CCNCl)[C@]5(CCC[C@@H](C)O5)N=C(N2)N34)O1.[Cl-]. The summed E-state index contributed by atoms with van der Waals surface area (Å²) in [6.45, 7) is 6.92. The second kappa shape index (κ2) is 21.6. The molecule has 53 heavy (non-hydrogen) atoms. The quantitative estimate of drug-likeness (QED) is 0.0624. The molecule has 5 rings (SSSR count). The average Bonchev–Trinajstić information content (AvgIpc) is 3.43. The molecule has 1 amide bonds. The highest BCUT2D eigenvalue weighted by molar-refractivity contribution is 6.13. The molecule has 14 heteroatoms. The van der Waals surface area contributed by atoms with Gasteiger partial charge >= 0.3 is 5.97 Å². The Morgan fingerprint density at radius 2 is 1.92 bits per heavy atom. The fraction of sp³-hybridized carbons (Fsp3) is 0.872. The van der Waals surface area contributed by atoms with Gasteiger partial charge in [0.15, 0.2) is 11.7 Å². The minimum atomic E-state index is -0.911. The number of unbranched alkanes of at least 4 members (excludes halogenated alkanes) is 6. The van der Waals surface area contributed by atoms with Gasteiger partial charge in [-0.15, -0.1) is 0 Å². The number of aliphatic hydroxyl groups excluding tert-OH is 1. The first kappa shape index (κ1) is 44.0. The van der Waals surface area contributed by atoms with E-state index in [4.69, 9.17) is 31.0 Å². The number of esters is 1.